The van der Waals surface area contributed by atoms with Crippen LogP contribution in [0.2, 0.25) is 0 Å². The zero-order valence-corrected chi connectivity index (χ0v) is 9.59. The van der Waals surface area contributed by atoms with Gasteiger partial charge in [0.05, 0.1) is 19.1 Å². The fourth-order valence-corrected chi connectivity index (χ4v) is 1.30. The van der Waals surface area contributed by atoms with Crippen molar-refractivity contribution in [2.24, 2.45) is 0 Å². The van der Waals surface area contributed by atoms with E-state index in [1.54, 1.807) is 6.07 Å². The fraction of sp³-hybridized carbons (Fsp3) is 0.500. The quantitative estimate of drug-likeness (QED) is 0.743. The van der Waals surface area contributed by atoms with E-state index < -0.39 is 30.4 Å². The molecule has 0 amide bonds. The van der Waals surface area contributed by atoms with Crippen molar-refractivity contribution in [2.45, 2.75) is 25.9 Å². The van der Waals surface area contributed by atoms with Crippen molar-refractivity contribution in [1.29, 1.82) is 5.26 Å². The summed E-state index contributed by atoms with van der Waals surface area (Å²) in [6.45, 7) is 0.566. The first-order valence-electron chi connectivity index (χ1n) is 5.09. The predicted molar refractivity (Wildman–Crippen MR) is 58.4 cm³/mol. The van der Waals surface area contributed by atoms with Crippen molar-refractivity contribution >= 4 is 0 Å². The van der Waals surface area contributed by atoms with Crippen LogP contribution in [0.4, 0.5) is 4.39 Å². The van der Waals surface area contributed by atoms with Gasteiger partial charge in [-0.2, -0.15) is 5.26 Å². The first-order valence-corrected chi connectivity index (χ1v) is 5.09. The van der Waals surface area contributed by atoms with Gasteiger partial charge in [-0.25, -0.2) is 9.18 Å². The highest BCUT2D eigenvalue weighted by Crippen LogP contribution is 2.13. The summed E-state index contributed by atoms with van der Waals surface area (Å²) in [5.74, 6) is 0. The smallest absolute Gasteiger partial charge is 0.330 e. The van der Waals surface area contributed by atoms with Crippen molar-refractivity contribution in [2.75, 3.05) is 6.61 Å². The van der Waals surface area contributed by atoms with E-state index in [0.29, 0.717) is 0 Å². The van der Waals surface area contributed by atoms with Crippen molar-refractivity contribution in [1.82, 2.24) is 9.55 Å². The summed E-state index contributed by atoms with van der Waals surface area (Å²) in [5.41, 5.74) is -1.15. The number of nitrogens with zero attached hydrogens (tertiary/aromatic N) is 2. The highest BCUT2D eigenvalue weighted by atomic mass is 19.1. The molecule has 0 aliphatic heterocycles. The van der Waals surface area contributed by atoms with Crippen LogP contribution in [0, 0.1) is 18.3 Å². The van der Waals surface area contributed by atoms with Crippen LogP contribution in [-0.4, -0.2) is 27.6 Å². The maximum atomic E-state index is 12.9. The van der Waals surface area contributed by atoms with E-state index in [0.717, 1.165) is 4.57 Å². The molecule has 1 heterocycles. The lowest BCUT2D eigenvalue weighted by Gasteiger charge is -2.19. The van der Waals surface area contributed by atoms with Crippen LogP contribution >= 0.6 is 0 Å². The van der Waals surface area contributed by atoms with Gasteiger partial charge in [0.2, 0.25) is 6.36 Å². The van der Waals surface area contributed by atoms with E-state index in [2.05, 4.69) is 0 Å². The summed E-state index contributed by atoms with van der Waals surface area (Å²) in [5, 5.41) is 17.1. The molecule has 0 radical (unpaired) electrons. The minimum Gasteiger partial charge on any atom is -0.391 e. The average Bonchev–Trinajstić information content (AvgIpc) is 2.33. The van der Waals surface area contributed by atoms with E-state index in [9.17, 15) is 14.0 Å². The van der Waals surface area contributed by atoms with Crippen LogP contribution in [0.25, 0.3) is 0 Å². The number of alkyl halides is 1. The number of aliphatic hydroxyl groups excluding tert-OH is 1. The van der Waals surface area contributed by atoms with Crippen LogP contribution in [-0.2, 0) is 4.74 Å². The summed E-state index contributed by atoms with van der Waals surface area (Å²) >= 11 is 0. The number of hydrogen-bond acceptors (Lipinski definition) is 5. The van der Waals surface area contributed by atoms with Crippen LogP contribution in [0.3, 0.4) is 0 Å². The second-order valence-corrected chi connectivity index (χ2v) is 3.52. The summed E-state index contributed by atoms with van der Waals surface area (Å²) < 4.78 is 18.5. The van der Waals surface area contributed by atoms with Crippen LogP contribution in [0.15, 0.2) is 15.8 Å². The van der Waals surface area contributed by atoms with Gasteiger partial charge >= 0.3 is 5.69 Å². The molecule has 0 bridgehead atoms. The maximum absolute atomic E-state index is 12.9. The lowest BCUT2D eigenvalue weighted by atomic mass is 10.3. The monoisotopic (exact) mass is 257 g/mol. The number of aliphatic hydroxyl groups is 1. The molecule has 0 saturated heterocycles. The molecule has 8 heteroatoms. The van der Waals surface area contributed by atoms with E-state index in [1.165, 1.54) is 13.1 Å². The molecule has 1 rings (SSSR count). The van der Waals surface area contributed by atoms with Gasteiger partial charge in [0, 0.05) is 11.8 Å². The van der Waals surface area contributed by atoms with Gasteiger partial charge in [0.15, 0.2) is 6.23 Å². The van der Waals surface area contributed by atoms with Crippen molar-refractivity contribution < 1.29 is 14.2 Å². The third-order valence-electron chi connectivity index (χ3n) is 2.17. The molecule has 0 aromatic carbocycles. The molecular weight excluding hydrogens is 245 g/mol. The highest BCUT2D eigenvalue weighted by Gasteiger charge is 2.18. The Kier molecular flexibility index (Phi) is 4.76. The van der Waals surface area contributed by atoms with Crippen LogP contribution in [0.1, 0.15) is 18.2 Å². The van der Waals surface area contributed by atoms with E-state index in [4.69, 9.17) is 15.1 Å². The first kappa shape index (κ1) is 14.1. The average molecular weight is 257 g/mol. The van der Waals surface area contributed by atoms with Crippen LogP contribution < -0.4 is 11.2 Å². The number of nitrogens with one attached hydrogen (secondary N) is 1. The van der Waals surface area contributed by atoms with Gasteiger partial charge in [0.25, 0.3) is 5.56 Å². The standard InChI is InChI=1S/C10H12FN3O4/c1-6-4-14(10(17)13-9(6)16)8(2-3-12)18-7(11)5-15/h4,7-8,15H,2,5H2,1H3,(H,13,16,17)/t7-,8-/m1/s1. The van der Waals surface area contributed by atoms with Gasteiger partial charge in [0.1, 0.15) is 0 Å². The fourth-order valence-electron chi connectivity index (χ4n) is 1.30. The summed E-state index contributed by atoms with van der Waals surface area (Å²) in [7, 11) is 0. The number of nitriles is 1. The summed E-state index contributed by atoms with van der Waals surface area (Å²) in [6.07, 6.45) is -2.35. The van der Waals surface area contributed by atoms with Gasteiger partial charge < -0.3 is 9.84 Å². The van der Waals surface area contributed by atoms with Gasteiger partial charge in [-0.05, 0) is 6.92 Å². The number of hydrogen-bond donors (Lipinski definition) is 2. The predicted octanol–water partition coefficient (Wildman–Crippen LogP) is -0.438. The molecule has 0 spiro atoms. The lowest BCUT2D eigenvalue weighted by molar-refractivity contribution is -0.135. The molecule has 2 N–H and O–H groups in total. The molecule has 7 nitrogen and oxygen atoms in total. The van der Waals surface area contributed by atoms with Crippen LogP contribution in [0.5, 0.6) is 0 Å². The number of aromatic amines is 1. The maximum Gasteiger partial charge on any atom is 0.330 e. The zero-order chi connectivity index (χ0) is 13.7. The molecule has 2 atom stereocenters. The molecule has 18 heavy (non-hydrogen) atoms. The first-order chi connectivity index (χ1) is 8.49. The lowest BCUT2D eigenvalue weighted by Crippen LogP contribution is -2.35. The number of aromatic nitrogens is 2. The Morgan fingerprint density at radius 1 is 1.67 bits per heavy atom. The zero-order valence-electron chi connectivity index (χ0n) is 9.59. The summed E-state index contributed by atoms with van der Waals surface area (Å²) in [6, 6.07) is 1.73. The molecule has 1 aromatic rings. The third kappa shape index (κ3) is 3.26. The number of ether oxygens (including phenoxy) is 1. The molecule has 0 unspecified atom stereocenters. The van der Waals surface area contributed by atoms with Gasteiger partial charge in [-0.3, -0.25) is 14.3 Å². The summed E-state index contributed by atoms with van der Waals surface area (Å²) in [4.78, 5) is 24.7. The second kappa shape index (κ2) is 6.09. The van der Waals surface area contributed by atoms with E-state index >= 15 is 0 Å². The Morgan fingerprint density at radius 2 is 2.33 bits per heavy atom. The molecule has 98 valence electrons. The Hall–Kier alpha value is -1.98. The molecule has 0 fully saturated rings. The van der Waals surface area contributed by atoms with E-state index in [1.807, 2.05) is 4.98 Å². The van der Waals surface area contributed by atoms with Crippen molar-refractivity contribution in [3.63, 3.8) is 0 Å². The highest BCUT2D eigenvalue weighted by molar-refractivity contribution is 5.01. The van der Waals surface area contributed by atoms with Crippen molar-refractivity contribution in [3.05, 3.63) is 32.6 Å². The third-order valence-corrected chi connectivity index (χ3v) is 2.17. The Morgan fingerprint density at radius 3 is 2.89 bits per heavy atom. The minimum absolute atomic E-state index is 0.223. The number of aryl methyl sites for hydroxylation is 1. The molecule has 0 saturated carbocycles. The number of halogens is 1. The Balaban J connectivity index is 3.14. The second-order valence-electron chi connectivity index (χ2n) is 3.52. The van der Waals surface area contributed by atoms with Crippen molar-refractivity contribution in [3.8, 4) is 6.07 Å². The largest absolute Gasteiger partial charge is 0.391 e. The molecule has 0 aliphatic rings. The SMILES string of the molecule is Cc1cn([C@@H](CC#N)O[C@@H](F)CO)c(=O)[nH]c1=O. The molecule has 0 aliphatic carbocycles. The van der Waals surface area contributed by atoms with Gasteiger partial charge in [-0.1, -0.05) is 0 Å². The Labute approximate surface area is 101 Å². The number of rotatable bonds is 5. The molecule has 1 aromatic heterocycles. The number of H-pyrrole nitrogens is 1. The van der Waals surface area contributed by atoms with E-state index in [-0.39, 0.29) is 12.0 Å². The topological polar surface area (TPSA) is 108 Å². The molecular formula is C10H12FN3O4. The normalized spacial score (nSPS) is 13.9. The Bertz CT molecular complexity index is 559. The minimum atomic E-state index is -2.01. The van der Waals surface area contributed by atoms with Gasteiger partial charge in [-0.15, -0.1) is 0 Å².